The number of piperidine rings is 2. The summed E-state index contributed by atoms with van der Waals surface area (Å²) in [4.78, 5) is 80.0. The van der Waals surface area contributed by atoms with Gasteiger partial charge in [0, 0.05) is 84.4 Å². The van der Waals surface area contributed by atoms with Crippen molar-refractivity contribution in [2.24, 2.45) is 0 Å². The van der Waals surface area contributed by atoms with Crippen LogP contribution < -0.4 is 45.3 Å². The Morgan fingerprint density at radius 2 is 1.15 bits per heavy atom. The maximum atomic E-state index is 13.4. The molecule has 0 unspecified atom stereocenters. The zero-order chi connectivity index (χ0) is 44.9. The molecule has 4 fully saturated rings. The molecule has 5 amide bonds. The topological polar surface area (TPSA) is 197 Å². The van der Waals surface area contributed by atoms with Gasteiger partial charge in [-0.05, 0) is 102 Å². The lowest BCUT2D eigenvalue weighted by molar-refractivity contribution is 0.0263. The van der Waals surface area contributed by atoms with E-state index in [1.807, 2.05) is 31.7 Å². The Morgan fingerprint density at radius 1 is 0.615 bits per heavy atom. The summed E-state index contributed by atoms with van der Waals surface area (Å²) in [5.74, 6) is 4.12. The Balaban J connectivity index is 0.000000168. The average Bonchev–Trinajstić information content (AvgIpc) is 3.74. The highest BCUT2D eigenvalue weighted by atomic mass is 16.6. The molecule has 4 aromatic heterocycles. The number of nitrogens with one attached hydrogen (secondary N) is 3. The molecule has 65 heavy (non-hydrogen) atoms. The van der Waals surface area contributed by atoms with Gasteiger partial charge in [-0.15, -0.1) is 0 Å². The highest BCUT2D eigenvalue weighted by Crippen LogP contribution is 2.41. The van der Waals surface area contributed by atoms with Crippen LogP contribution in [0.15, 0.2) is 61.4 Å². The third-order valence-corrected chi connectivity index (χ3v) is 12.5. The minimum atomic E-state index is -0.521. The quantitative estimate of drug-likeness (QED) is 0.247. The Hall–Kier alpha value is -6.57. The summed E-state index contributed by atoms with van der Waals surface area (Å²) in [5, 5.41) is 9.26. The number of nitrogens with zero attached hydrogens (tertiary/aromatic N) is 13. The van der Waals surface area contributed by atoms with Crippen molar-refractivity contribution in [1.82, 2.24) is 40.1 Å². The summed E-state index contributed by atoms with van der Waals surface area (Å²) >= 11 is 0. The standard InChI is InChI=1S/C25H34N8O3.C20H26N8O/c1-25(2,3)36-24(35)31-13-5-12-30(14-15-31)21-8-7-19-22(29-21)33(18-6-4-11-32(19)16-18)23(34)28-20-9-10-26-17-27-20;29-20(24-17-6-8-22-14-23-17)28-15-3-1-10-27(13-15)16-4-5-18(25-19(16)28)26-11-2-7-21-9-12-26/h7-10,17-18H,4-6,11-16H2,1-3H3,(H,26,27,28,34);4-6,8,14-15,21H,1-3,7,9-13H2,(H,22,23,24,29)/t18-;15-/m00/s1. The van der Waals surface area contributed by atoms with Crippen LogP contribution in [-0.2, 0) is 4.74 Å². The van der Waals surface area contributed by atoms with E-state index in [9.17, 15) is 14.4 Å². The number of amides is 5. The number of aromatic nitrogens is 6. The molecule has 10 rings (SSSR count). The van der Waals surface area contributed by atoms with E-state index in [-0.39, 0.29) is 30.2 Å². The summed E-state index contributed by atoms with van der Waals surface area (Å²) in [6.07, 6.45) is 11.7. The number of hydrogen-bond donors (Lipinski definition) is 3. The third-order valence-electron chi connectivity index (χ3n) is 12.5. The Kier molecular flexibility index (Phi) is 12.9. The molecule has 2 atom stereocenters. The largest absolute Gasteiger partial charge is 0.444 e. The first-order valence-electron chi connectivity index (χ1n) is 23.0. The normalized spacial score (nSPS) is 20.6. The first-order chi connectivity index (χ1) is 31.6. The first-order valence-corrected chi connectivity index (χ1v) is 23.0. The first kappa shape index (κ1) is 43.7. The molecular weight excluding hydrogens is 829 g/mol. The number of carbonyl (C=O) groups is 3. The van der Waals surface area contributed by atoms with Crippen LogP contribution in [0.4, 0.5) is 60.7 Å². The van der Waals surface area contributed by atoms with Gasteiger partial charge in [0.15, 0.2) is 11.6 Å². The SMILES string of the molecule is CC(C)(C)OC(=O)N1CCCN(c2ccc3c(n2)N(C(=O)Nc2ccncn2)[C@H]2CCCN3C2)CC1.O=C(Nc1ccncn1)N1c2nc(N3CCCNCC3)ccc2N2CCC[C@H]1C2. The smallest absolute Gasteiger partial charge is 0.410 e. The van der Waals surface area contributed by atoms with Gasteiger partial charge in [0.05, 0.1) is 23.5 Å². The van der Waals surface area contributed by atoms with Gasteiger partial charge >= 0.3 is 18.2 Å². The predicted molar refractivity (Wildman–Crippen MR) is 250 cm³/mol. The van der Waals surface area contributed by atoms with Gasteiger partial charge in [-0.2, -0.15) is 0 Å². The molecule has 20 heteroatoms. The minimum Gasteiger partial charge on any atom is -0.444 e. The number of fused-ring (bicyclic) bond motifs is 8. The van der Waals surface area contributed by atoms with Gasteiger partial charge in [0.2, 0.25) is 0 Å². The summed E-state index contributed by atoms with van der Waals surface area (Å²) in [6.45, 7) is 15.7. The van der Waals surface area contributed by atoms with Gasteiger partial charge in [-0.3, -0.25) is 20.4 Å². The van der Waals surface area contributed by atoms with Crippen molar-refractivity contribution in [2.75, 3.05) is 119 Å². The molecule has 6 aliphatic rings. The maximum Gasteiger partial charge on any atom is 0.410 e. The van der Waals surface area contributed by atoms with Crippen molar-refractivity contribution in [3.05, 3.63) is 61.4 Å². The second-order valence-corrected chi connectivity index (χ2v) is 18.2. The molecule has 4 saturated heterocycles. The fourth-order valence-corrected chi connectivity index (χ4v) is 9.50. The zero-order valence-corrected chi connectivity index (χ0v) is 37.6. The van der Waals surface area contributed by atoms with Crippen LogP contribution >= 0.6 is 0 Å². The van der Waals surface area contributed by atoms with E-state index in [1.54, 1.807) is 34.3 Å². The van der Waals surface area contributed by atoms with E-state index in [2.05, 4.69) is 73.7 Å². The second-order valence-electron chi connectivity index (χ2n) is 18.2. The van der Waals surface area contributed by atoms with Crippen LogP contribution in [-0.4, -0.2) is 149 Å². The molecule has 0 radical (unpaired) electrons. The van der Waals surface area contributed by atoms with E-state index >= 15 is 0 Å². The Bertz CT molecular complexity index is 2290. The molecule has 6 aliphatic heterocycles. The lowest BCUT2D eigenvalue weighted by Crippen LogP contribution is -2.56. The second kappa shape index (κ2) is 19.3. The van der Waals surface area contributed by atoms with Crippen LogP contribution in [0, 0.1) is 0 Å². The number of rotatable bonds is 4. The van der Waals surface area contributed by atoms with E-state index in [1.165, 1.54) is 12.7 Å². The number of hydrogen-bond acceptors (Lipinski definition) is 15. The monoisotopic (exact) mass is 888 g/mol. The molecule has 4 aromatic rings. The molecule has 0 saturated carbocycles. The lowest BCUT2D eigenvalue weighted by Gasteiger charge is -2.46. The average molecular weight is 889 g/mol. The Morgan fingerprint density at radius 3 is 1.69 bits per heavy atom. The Labute approximate surface area is 379 Å². The fourth-order valence-electron chi connectivity index (χ4n) is 9.50. The minimum absolute atomic E-state index is 0.0441. The summed E-state index contributed by atoms with van der Waals surface area (Å²) in [6, 6.07) is 11.4. The van der Waals surface area contributed by atoms with E-state index in [0.29, 0.717) is 37.1 Å². The highest BCUT2D eigenvalue weighted by molar-refractivity contribution is 6.05. The van der Waals surface area contributed by atoms with Crippen LogP contribution in [0.2, 0.25) is 0 Å². The van der Waals surface area contributed by atoms with Gasteiger partial charge in [0.25, 0.3) is 0 Å². The van der Waals surface area contributed by atoms with E-state index in [4.69, 9.17) is 14.7 Å². The van der Waals surface area contributed by atoms with Gasteiger partial charge in [0.1, 0.15) is 41.5 Å². The number of ether oxygens (including phenoxy) is 1. The molecule has 344 valence electrons. The van der Waals surface area contributed by atoms with Crippen LogP contribution in [0.25, 0.3) is 0 Å². The predicted octanol–water partition coefficient (Wildman–Crippen LogP) is 5.03. The highest BCUT2D eigenvalue weighted by Gasteiger charge is 2.40. The molecule has 0 aromatic carbocycles. The fraction of sp³-hybridized carbons (Fsp3) is 0.533. The van der Waals surface area contributed by atoms with Crippen LogP contribution in [0.1, 0.15) is 59.3 Å². The van der Waals surface area contributed by atoms with Crippen molar-refractivity contribution in [2.45, 2.75) is 77.0 Å². The molecule has 20 nitrogen and oxygen atoms in total. The number of carbonyl (C=O) groups excluding carboxylic acids is 3. The molecule has 3 N–H and O–H groups in total. The molecular formula is C45H60N16O4. The number of urea groups is 2. The van der Waals surface area contributed by atoms with Crippen LogP contribution in [0.5, 0.6) is 0 Å². The summed E-state index contributed by atoms with van der Waals surface area (Å²) < 4.78 is 5.57. The van der Waals surface area contributed by atoms with Crippen molar-refractivity contribution in [1.29, 1.82) is 0 Å². The van der Waals surface area contributed by atoms with Crippen molar-refractivity contribution < 1.29 is 19.1 Å². The summed E-state index contributed by atoms with van der Waals surface area (Å²) in [5.41, 5.74) is 1.49. The molecule has 10 heterocycles. The number of anilines is 8. The van der Waals surface area contributed by atoms with Gasteiger partial charge in [-0.25, -0.2) is 44.3 Å². The lowest BCUT2D eigenvalue weighted by atomic mass is 10.00. The number of pyridine rings is 2. The zero-order valence-electron chi connectivity index (χ0n) is 37.6. The summed E-state index contributed by atoms with van der Waals surface area (Å²) in [7, 11) is 0. The van der Waals surface area contributed by atoms with Crippen molar-refractivity contribution >= 4 is 64.4 Å². The van der Waals surface area contributed by atoms with Gasteiger partial charge in [-0.1, -0.05) is 0 Å². The molecule has 0 aliphatic carbocycles. The molecule has 0 spiro atoms. The van der Waals surface area contributed by atoms with E-state index < -0.39 is 5.60 Å². The van der Waals surface area contributed by atoms with Crippen LogP contribution in [0.3, 0.4) is 0 Å². The van der Waals surface area contributed by atoms with Gasteiger partial charge < -0.3 is 34.6 Å². The molecule has 4 bridgehead atoms. The maximum absolute atomic E-state index is 13.4. The van der Waals surface area contributed by atoms with Crippen molar-refractivity contribution in [3.8, 4) is 0 Å². The third kappa shape index (κ3) is 10.1. The van der Waals surface area contributed by atoms with E-state index in [0.717, 1.165) is 126 Å². The van der Waals surface area contributed by atoms with Crippen molar-refractivity contribution in [3.63, 3.8) is 0 Å².